The highest BCUT2D eigenvalue weighted by Gasteiger charge is 2.12. The molecule has 0 unspecified atom stereocenters. The first-order chi connectivity index (χ1) is 10.6. The smallest absolute Gasteiger partial charge is 0.216 e. The Morgan fingerprint density at radius 2 is 2.14 bits per heavy atom. The number of halogens is 2. The van der Waals surface area contributed by atoms with Gasteiger partial charge in [-0.15, -0.1) is 0 Å². The van der Waals surface area contributed by atoms with Crippen LogP contribution < -0.4 is 0 Å². The van der Waals surface area contributed by atoms with Crippen molar-refractivity contribution < 1.29 is 0 Å². The fraction of sp³-hybridized carbons (Fsp3) is 0. The SMILES string of the molecule is S=c1[nH]nc(-c2ccc(Cl)cc2Cl)n1/N=C\c1cccnc1. The van der Waals surface area contributed by atoms with Gasteiger partial charge in [-0.05, 0) is 36.5 Å². The summed E-state index contributed by atoms with van der Waals surface area (Å²) in [5.74, 6) is 0.506. The standard InChI is InChI=1S/C14H9Cl2N5S/c15-10-3-4-11(12(16)6-10)13-19-20-14(22)21(13)18-8-9-2-1-5-17-7-9/h1-8H,(H,20,22)/b18-8-. The van der Waals surface area contributed by atoms with Crippen molar-refractivity contribution in [1.29, 1.82) is 0 Å². The van der Waals surface area contributed by atoms with Crippen LogP contribution in [0.1, 0.15) is 5.56 Å². The first-order valence-electron chi connectivity index (χ1n) is 6.22. The van der Waals surface area contributed by atoms with Crippen LogP contribution in [0.15, 0.2) is 47.8 Å². The van der Waals surface area contributed by atoms with Gasteiger partial charge in [0, 0.05) is 28.5 Å². The van der Waals surface area contributed by atoms with Gasteiger partial charge in [0.15, 0.2) is 5.82 Å². The molecule has 0 amide bonds. The Morgan fingerprint density at radius 3 is 2.86 bits per heavy atom. The van der Waals surface area contributed by atoms with Crippen LogP contribution in [0.5, 0.6) is 0 Å². The van der Waals surface area contributed by atoms with E-state index in [1.54, 1.807) is 36.8 Å². The molecular weight excluding hydrogens is 341 g/mol. The summed E-state index contributed by atoms with van der Waals surface area (Å²) in [6, 6.07) is 8.86. The van der Waals surface area contributed by atoms with E-state index < -0.39 is 0 Å². The van der Waals surface area contributed by atoms with E-state index in [1.165, 1.54) is 4.68 Å². The minimum atomic E-state index is 0.362. The molecule has 0 radical (unpaired) electrons. The van der Waals surface area contributed by atoms with Crippen LogP contribution >= 0.6 is 35.4 Å². The lowest BCUT2D eigenvalue weighted by Crippen LogP contribution is -1.95. The normalized spacial score (nSPS) is 11.2. The molecule has 0 spiro atoms. The predicted molar refractivity (Wildman–Crippen MR) is 90.1 cm³/mol. The number of H-pyrrole nitrogens is 1. The molecule has 2 aromatic heterocycles. The monoisotopic (exact) mass is 349 g/mol. The zero-order chi connectivity index (χ0) is 15.5. The Kier molecular flexibility index (Phi) is 4.33. The Bertz CT molecular complexity index is 886. The third-order valence-electron chi connectivity index (χ3n) is 2.83. The van der Waals surface area contributed by atoms with Gasteiger partial charge in [0.1, 0.15) is 0 Å². The van der Waals surface area contributed by atoms with Crippen LogP contribution in [0.4, 0.5) is 0 Å². The number of pyridine rings is 1. The molecule has 8 heteroatoms. The topological polar surface area (TPSA) is 58.9 Å². The molecule has 3 aromatic rings. The van der Waals surface area contributed by atoms with Gasteiger partial charge in [-0.2, -0.15) is 14.9 Å². The lowest BCUT2D eigenvalue weighted by atomic mass is 10.2. The van der Waals surface area contributed by atoms with Crippen LogP contribution in [0.2, 0.25) is 10.0 Å². The summed E-state index contributed by atoms with van der Waals surface area (Å²) in [6.07, 6.45) is 5.04. The predicted octanol–water partition coefficient (Wildman–Crippen LogP) is 4.19. The summed E-state index contributed by atoms with van der Waals surface area (Å²) in [4.78, 5) is 4.03. The van der Waals surface area contributed by atoms with E-state index in [9.17, 15) is 0 Å². The van der Waals surface area contributed by atoms with Gasteiger partial charge in [-0.1, -0.05) is 29.3 Å². The molecule has 3 rings (SSSR count). The van der Waals surface area contributed by atoms with Crippen LogP contribution in [-0.4, -0.2) is 26.1 Å². The molecule has 110 valence electrons. The molecule has 0 saturated heterocycles. The molecule has 0 aliphatic rings. The molecule has 2 heterocycles. The highest BCUT2D eigenvalue weighted by Crippen LogP contribution is 2.29. The number of benzene rings is 1. The lowest BCUT2D eigenvalue weighted by molar-refractivity contribution is 0.871. The third kappa shape index (κ3) is 3.09. The minimum absolute atomic E-state index is 0.362. The van der Waals surface area contributed by atoms with Gasteiger partial charge < -0.3 is 0 Å². The molecular formula is C14H9Cl2N5S. The summed E-state index contributed by atoms with van der Waals surface area (Å²) >= 11 is 17.3. The van der Waals surface area contributed by atoms with E-state index in [0.29, 0.717) is 26.2 Å². The molecule has 0 fully saturated rings. The van der Waals surface area contributed by atoms with E-state index in [0.717, 1.165) is 5.56 Å². The molecule has 1 aromatic carbocycles. The second kappa shape index (κ2) is 6.39. The molecule has 0 saturated carbocycles. The van der Waals surface area contributed by atoms with Crippen molar-refractivity contribution in [3.05, 3.63) is 63.1 Å². The fourth-order valence-electron chi connectivity index (χ4n) is 1.82. The first-order valence-corrected chi connectivity index (χ1v) is 7.39. The molecule has 5 nitrogen and oxygen atoms in total. The van der Waals surface area contributed by atoms with Crippen molar-refractivity contribution in [2.24, 2.45) is 5.10 Å². The second-order valence-electron chi connectivity index (χ2n) is 4.32. The van der Waals surface area contributed by atoms with Crippen molar-refractivity contribution >= 4 is 41.6 Å². The van der Waals surface area contributed by atoms with Crippen LogP contribution in [-0.2, 0) is 0 Å². The Labute approximate surface area is 141 Å². The highest BCUT2D eigenvalue weighted by atomic mass is 35.5. The van der Waals surface area contributed by atoms with E-state index in [4.69, 9.17) is 35.4 Å². The summed E-state index contributed by atoms with van der Waals surface area (Å²) in [6.45, 7) is 0. The summed E-state index contributed by atoms with van der Waals surface area (Å²) < 4.78 is 1.86. The summed E-state index contributed by atoms with van der Waals surface area (Å²) in [5, 5.41) is 12.2. The zero-order valence-corrected chi connectivity index (χ0v) is 13.4. The van der Waals surface area contributed by atoms with Crippen LogP contribution in [0.25, 0.3) is 11.4 Å². The van der Waals surface area contributed by atoms with Crippen LogP contribution in [0.3, 0.4) is 0 Å². The van der Waals surface area contributed by atoms with E-state index in [2.05, 4.69) is 20.3 Å². The van der Waals surface area contributed by atoms with Gasteiger partial charge in [0.05, 0.1) is 11.2 Å². The number of aromatic nitrogens is 4. The first kappa shape index (κ1) is 14.9. The molecule has 0 atom stereocenters. The maximum atomic E-state index is 6.21. The molecule has 0 aliphatic heterocycles. The highest BCUT2D eigenvalue weighted by molar-refractivity contribution is 7.71. The van der Waals surface area contributed by atoms with Crippen molar-refractivity contribution in [3.63, 3.8) is 0 Å². The van der Waals surface area contributed by atoms with Gasteiger partial charge in [-0.25, -0.2) is 5.10 Å². The Morgan fingerprint density at radius 1 is 1.27 bits per heavy atom. The van der Waals surface area contributed by atoms with E-state index in [1.807, 2.05) is 12.1 Å². The quantitative estimate of drug-likeness (QED) is 0.569. The van der Waals surface area contributed by atoms with Gasteiger partial charge in [0.25, 0.3) is 0 Å². The molecule has 0 bridgehead atoms. The maximum absolute atomic E-state index is 6.21. The summed E-state index contributed by atoms with van der Waals surface area (Å²) in [5.41, 5.74) is 1.53. The van der Waals surface area contributed by atoms with Crippen molar-refractivity contribution in [3.8, 4) is 11.4 Å². The molecule has 1 N–H and O–H groups in total. The van der Waals surface area contributed by atoms with Crippen molar-refractivity contribution in [2.75, 3.05) is 0 Å². The number of nitrogens with zero attached hydrogens (tertiary/aromatic N) is 4. The number of rotatable bonds is 3. The van der Waals surface area contributed by atoms with Gasteiger partial charge in [-0.3, -0.25) is 4.98 Å². The van der Waals surface area contributed by atoms with E-state index >= 15 is 0 Å². The Balaban J connectivity index is 2.05. The minimum Gasteiger partial charge on any atom is -0.264 e. The van der Waals surface area contributed by atoms with E-state index in [-0.39, 0.29) is 0 Å². The zero-order valence-electron chi connectivity index (χ0n) is 11.1. The number of hydrogen-bond acceptors (Lipinski definition) is 4. The average molecular weight is 350 g/mol. The average Bonchev–Trinajstić information content (AvgIpc) is 2.87. The lowest BCUT2D eigenvalue weighted by Gasteiger charge is -2.03. The van der Waals surface area contributed by atoms with Gasteiger partial charge in [0.2, 0.25) is 4.77 Å². The van der Waals surface area contributed by atoms with Gasteiger partial charge >= 0.3 is 0 Å². The molecule has 0 aliphatic carbocycles. The number of nitrogens with one attached hydrogen (secondary N) is 1. The van der Waals surface area contributed by atoms with Crippen LogP contribution in [0, 0.1) is 4.77 Å². The van der Waals surface area contributed by atoms with Crippen molar-refractivity contribution in [1.82, 2.24) is 19.9 Å². The third-order valence-corrected chi connectivity index (χ3v) is 3.64. The Hall–Kier alpha value is -2.02. The summed E-state index contributed by atoms with van der Waals surface area (Å²) in [7, 11) is 0. The maximum Gasteiger partial charge on any atom is 0.216 e. The number of aromatic amines is 1. The molecule has 22 heavy (non-hydrogen) atoms. The number of hydrogen-bond donors (Lipinski definition) is 1. The largest absolute Gasteiger partial charge is 0.264 e. The van der Waals surface area contributed by atoms with Crippen molar-refractivity contribution in [2.45, 2.75) is 0 Å². The second-order valence-corrected chi connectivity index (χ2v) is 5.55. The fourth-order valence-corrected chi connectivity index (χ4v) is 2.49.